The summed E-state index contributed by atoms with van der Waals surface area (Å²) < 4.78 is 15.7. The molecule has 0 aliphatic carbocycles. The van der Waals surface area contributed by atoms with Crippen LogP contribution in [0.15, 0.2) is 36.4 Å². The molecule has 1 N–H and O–H groups in total. The van der Waals surface area contributed by atoms with E-state index in [9.17, 15) is 9.90 Å². The van der Waals surface area contributed by atoms with Crippen molar-refractivity contribution in [1.29, 1.82) is 0 Å². The Hall–Kier alpha value is -2.95. The van der Waals surface area contributed by atoms with Crippen molar-refractivity contribution in [3.8, 4) is 23.0 Å². The van der Waals surface area contributed by atoms with Gasteiger partial charge in [0.1, 0.15) is 5.75 Å². The highest BCUT2D eigenvalue weighted by atomic mass is 16.5. The Morgan fingerprint density at radius 2 is 1.88 bits per heavy atom. The fourth-order valence-corrected chi connectivity index (χ4v) is 2.62. The topological polar surface area (TPSA) is 65.0 Å². The van der Waals surface area contributed by atoms with Crippen LogP contribution in [0.5, 0.6) is 23.0 Å². The number of ketones is 1. The molecule has 5 nitrogen and oxygen atoms in total. The van der Waals surface area contributed by atoms with E-state index in [2.05, 4.69) is 0 Å². The van der Waals surface area contributed by atoms with E-state index in [4.69, 9.17) is 14.2 Å². The van der Waals surface area contributed by atoms with Crippen LogP contribution in [0.1, 0.15) is 21.5 Å². The lowest BCUT2D eigenvalue weighted by Gasteiger charge is -2.09. The summed E-state index contributed by atoms with van der Waals surface area (Å²) in [6.07, 6.45) is 3.98. The molecule has 3 rings (SSSR count). The summed E-state index contributed by atoms with van der Waals surface area (Å²) in [5.74, 6) is 1.26. The molecule has 2 aromatic rings. The largest absolute Gasteiger partial charge is 0.502 e. The number of phenolic OH excluding ortho intramolecular Hbond substituents is 1. The third-order valence-corrected chi connectivity index (χ3v) is 3.90. The van der Waals surface area contributed by atoms with Gasteiger partial charge >= 0.3 is 0 Å². The van der Waals surface area contributed by atoms with E-state index in [0.717, 1.165) is 17.7 Å². The molecule has 0 aromatic heterocycles. The Morgan fingerprint density at radius 3 is 2.54 bits per heavy atom. The molecular weight excluding hydrogens is 308 g/mol. The number of carbonyl (C=O) groups excluding carboxylic acids is 1. The molecule has 1 aliphatic heterocycles. The van der Waals surface area contributed by atoms with Gasteiger partial charge in [-0.1, -0.05) is 6.08 Å². The summed E-state index contributed by atoms with van der Waals surface area (Å²) in [5, 5.41) is 9.91. The smallest absolute Gasteiger partial charge is 0.200 e. The number of phenols is 1. The van der Waals surface area contributed by atoms with E-state index in [1.165, 1.54) is 20.3 Å². The van der Waals surface area contributed by atoms with E-state index in [-0.39, 0.29) is 23.0 Å². The molecule has 0 spiro atoms. The van der Waals surface area contributed by atoms with Crippen molar-refractivity contribution in [2.45, 2.75) is 6.42 Å². The average Bonchev–Trinajstić information content (AvgIpc) is 3.08. The minimum Gasteiger partial charge on any atom is -0.502 e. The van der Waals surface area contributed by atoms with Gasteiger partial charge in [-0.3, -0.25) is 4.79 Å². The number of rotatable bonds is 5. The number of aromatic hydroxyl groups is 1. The summed E-state index contributed by atoms with van der Waals surface area (Å²) in [4.78, 5) is 12.4. The third-order valence-electron chi connectivity index (χ3n) is 3.90. The number of carbonyl (C=O) groups is 1. The molecule has 0 saturated heterocycles. The number of hydrogen-bond donors (Lipinski definition) is 1. The maximum atomic E-state index is 12.4. The summed E-state index contributed by atoms with van der Waals surface area (Å²) >= 11 is 0. The summed E-state index contributed by atoms with van der Waals surface area (Å²) in [6.45, 7) is 0.663. The Balaban J connectivity index is 1.84. The first kappa shape index (κ1) is 15.9. The molecule has 0 unspecified atom stereocenters. The fraction of sp³-hybridized carbons (Fsp3) is 0.211. The van der Waals surface area contributed by atoms with Crippen LogP contribution in [0, 0.1) is 0 Å². The fourth-order valence-electron chi connectivity index (χ4n) is 2.62. The summed E-state index contributed by atoms with van der Waals surface area (Å²) in [5.41, 5.74) is 2.37. The highest BCUT2D eigenvalue weighted by Gasteiger charge is 2.14. The monoisotopic (exact) mass is 326 g/mol. The van der Waals surface area contributed by atoms with Crippen molar-refractivity contribution >= 4 is 11.9 Å². The first-order valence-electron chi connectivity index (χ1n) is 7.55. The number of allylic oxidation sites excluding steroid dienone is 1. The first-order chi connectivity index (χ1) is 11.6. The van der Waals surface area contributed by atoms with Crippen molar-refractivity contribution in [2.24, 2.45) is 0 Å². The van der Waals surface area contributed by atoms with E-state index in [0.29, 0.717) is 17.7 Å². The van der Waals surface area contributed by atoms with Gasteiger partial charge in [0, 0.05) is 12.0 Å². The predicted molar refractivity (Wildman–Crippen MR) is 90.2 cm³/mol. The van der Waals surface area contributed by atoms with Crippen molar-refractivity contribution in [2.75, 3.05) is 20.8 Å². The van der Waals surface area contributed by atoms with Gasteiger partial charge < -0.3 is 19.3 Å². The van der Waals surface area contributed by atoms with Crippen LogP contribution in [0.2, 0.25) is 0 Å². The van der Waals surface area contributed by atoms with Crippen LogP contribution in [0.3, 0.4) is 0 Å². The molecule has 0 saturated carbocycles. The first-order valence-corrected chi connectivity index (χ1v) is 7.55. The molecule has 0 fully saturated rings. The molecule has 0 atom stereocenters. The molecule has 2 aromatic carbocycles. The Labute approximate surface area is 140 Å². The lowest BCUT2D eigenvalue weighted by atomic mass is 10.0. The van der Waals surface area contributed by atoms with E-state index in [1.54, 1.807) is 24.3 Å². The maximum absolute atomic E-state index is 12.4. The van der Waals surface area contributed by atoms with Crippen LogP contribution in [0.4, 0.5) is 0 Å². The van der Waals surface area contributed by atoms with E-state index in [1.807, 2.05) is 12.1 Å². The van der Waals surface area contributed by atoms with Gasteiger partial charge in [0.25, 0.3) is 0 Å². The number of ether oxygens (including phenoxy) is 3. The summed E-state index contributed by atoms with van der Waals surface area (Å²) in [7, 11) is 2.92. The highest BCUT2D eigenvalue weighted by molar-refractivity contribution is 6.07. The minimum absolute atomic E-state index is 0.0675. The van der Waals surface area contributed by atoms with Crippen molar-refractivity contribution in [3.63, 3.8) is 0 Å². The van der Waals surface area contributed by atoms with Crippen LogP contribution in [-0.2, 0) is 6.42 Å². The van der Waals surface area contributed by atoms with Gasteiger partial charge in [-0.25, -0.2) is 0 Å². The molecule has 0 bridgehead atoms. The van der Waals surface area contributed by atoms with Crippen LogP contribution < -0.4 is 14.2 Å². The second-order valence-electron chi connectivity index (χ2n) is 5.39. The molecule has 0 amide bonds. The second kappa shape index (κ2) is 6.66. The minimum atomic E-state index is -0.101. The number of methoxy groups -OCH3 is 2. The number of fused-ring (bicyclic) bond motifs is 1. The van der Waals surface area contributed by atoms with Crippen LogP contribution in [-0.4, -0.2) is 31.7 Å². The third kappa shape index (κ3) is 3.06. The van der Waals surface area contributed by atoms with Gasteiger partial charge in [-0.05, 0) is 47.5 Å². The number of benzene rings is 2. The van der Waals surface area contributed by atoms with E-state index >= 15 is 0 Å². The maximum Gasteiger partial charge on any atom is 0.200 e. The van der Waals surface area contributed by atoms with Gasteiger partial charge in [0.2, 0.25) is 5.75 Å². The van der Waals surface area contributed by atoms with Gasteiger partial charge in [-0.15, -0.1) is 0 Å². The molecule has 0 radical (unpaired) electrons. The SMILES string of the molecule is COc1cc(C=CC(=O)c2ccc3c(c2)CCO3)cc(OC)c1O. The Kier molecular flexibility index (Phi) is 4.42. The van der Waals surface area contributed by atoms with Gasteiger partial charge in [-0.2, -0.15) is 0 Å². The lowest BCUT2D eigenvalue weighted by molar-refractivity contribution is 0.104. The number of hydrogen-bond acceptors (Lipinski definition) is 5. The predicted octanol–water partition coefficient (Wildman–Crippen LogP) is 3.24. The molecule has 1 aliphatic rings. The Morgan fingerprint density at radius 1 is 1.17 bits per heavy atom. The van der Waals surface area contributed by atoms with E-state index < -0.39 is 0 Å². The van der Waals surface area contributed by atoms with Crippen molar-refractivity contribution < 1.29 is 24.1 Å². The quantitative estimate of drug-likeness (QED) is 0.675. The normalized spacial score (nSPS) is 12.8. The molecule has 124 valence electrons. The highest BCUT2D eigenvalue weighted by Crippen LogP contribution is 2.37. The average molecular weight is 326 g/mol. The van der Waals surface area contributed by atoms with Crippen LogP contribution in [0.25, 0.3) is 6.08 Å². The summed E-state index contributed by atoms with van der Waals surface area (Å²) in [6, 6.07) is 8.73. The van der Waals surface area contributed by atoms with Crippen molar-refractivity contribution in [1.82, 2.24) is 0 Å². The zero-order valence-corrected chi connectivity index (χ0v) is 13.5. The zero-order chi connectivity index (χ0) is 17.1. The Bertz CT molecular complexity index is 782. The lowest BCUT2D eigenvalue weighted by Crippen LogP contribution is -1.95. The molecule has 24 heavy (non-hydrogen) atoms. The molecule has 5 heteroatoms. The van der Waals surface area contributed by atoms with Gasteiger partial charge in [0.15, 0.2) is 17.3 Å². The van der Waals surface area contributed by atoms with Gasteiger partial charge in [0.05, 0.1) is 20.8 Å². The van der Waals surface area contributed by atoms with Crippen molar-refractivity contribution in [3.05, 3.63) is 53.1 Å². The standard InChI is InChI=1S/C19H18O5/c1-22-17-9-12(10-18(23-2)19(17)21)3-5-15(20)13-4-6-16-14(11-13)7-8-24-16/h3-6,9-11,21H,7-8H2,1-2H3. The van der Waals surface area contributed by atoms with Crippen LogP contribution >= 0.6 is 0 Å². The zero-order valence-electron chi connectivity index (χ0n) is 13.5. The second-order valence-corrected chi connectivity index (χ2v) is 5.39. The molecule has 1 heterocycles. The molecular formula is C19H18O5.